The summed E-state index contributed by atoms with van der Waals surface area (Å²) in [5.74, 6) is 0.882. The van der Waals surface area contributed by atoms with Crippen molar-refractivity contribution < 1.29 is 5.11 Å². The summed E-state index contributed by atoms with van der Waals surface area (Å²) in [5.41, 5.74) is 2.17. The smallest absolute Gasteiger partial charge is 0.0703 e. The third-order valence-corrected chi connectivity index (χ3v) is 3.51. The molecule has 0 spiro atoms. The van der Waals surface area contributed by atoms with Crippen LogP contribution in [0.2, 0.25) is 0 Å². The highest BCUT2D eigenvalue weighted by atomic mass is 16.3. The molecule has 3 heteroatoms. The number of aliphatic hydroxyl groups is 1. The molecule has 0 unspecified atom stereocenters. The van der Waals surface area contributed by atoms with E-state index < -0.39 is 0 Å². The summed E-state index contributed by atoms with van der Waals surface area (Å²) in [7, 11) is 0. The molecule has 2 aliphatic rings. The van der Waals surface area contributed by atoms with E-state index in [1.54, 1.807) is 6.20 Å². The Bertz CT molecular complexity index is 372. The largest absolute Gasteiger partial charge is 0.392 e. The normalized spacial score (nSPS) is 19.8. The van der Waals surface area contributed by atoms with Gasteiger partial charge in [-0.05, 0) is 37.7 Å². The van der Waals surface area contributed by atoms with Gasteiger partial charge >= 0.3 is 0 Å². The molecule has 0 radical (unpaired) electrons. The SMILES string of the molecule is OCc1ccncc1N(CC1CC1)C1CC1. The Morgan fingerprint density at radius 1 is 1.31 bits per heavy atom. The van der Waals surface area contributed by atoms with Gasteiger partial charge in [0.25, 0.3) is 0 Å². The van der Waals surface area contributed by atoms with Crippen LogP contribution in [-0.4, -0.2) is 22.7 Å². The van der Waals surface area contributed by atoms with Gasteiger partial charge in [0.05, 0.1) is 18.5 Å². The second kappa shape index (κ2) is 4.06. The Morgan fingerprint density at radius 3 is 2.75 bits per heavy atom. The van der Waals surface area contributed by atoms with E-state index in [1.807, 2.05) is 12.3 Å². The van der Waals surface area contributed by atoms with Gasteiger partial charge in [-0.1, -0.05) is 0 Å². The minimum absolute atomic E-state index is 0.117. The summed E-state index contributed by atoms with van der Waals surface area (Å²) in [6.07, 6.45) is 9.01. The maximum Gasteiger partial charge on any atom is 0.0703 e. The Labute approximate surface area is 96.1 Å². The zero-order chi connectivity index (χ0) is 11.0. The molecular formula is C13H18N2O. The molecule has 2 aliphatic carbocycles. The summed E-state index contributed by atoms with van der Waals surface area (Å²) in [6, 6.07) is 2.63. The summed E-state index contributed by atoms with van der Waals surface area (Å²) in [4.78, 5) is 6.67. The lowest BCUT2D eigenvalue weighted by Crippen LogP contribution is -2.29. The first kappa shape index (κ1) is 10.1. The third-order valence-electron chi connectivity index (χ3n) is 3.51. The van der Waals surface area contributed by atoms with Crippen LogP contribution < -0.4 is 4.90 Å². The van der Waals surface area contributed by atoms with Crippen molar-refractivity contribution in [3.63, 3.8) is 0 Å². The van der Waals surface area contributed by atoms with Gasteiger partial charge in [0.2, 0.25) is 0 Å². The summed E-state index contributed by atoms with van der Waals surface area (Å²) in [6.45, 7) is 1.27. The molecule has 3 nitrogen and oxygen atoms in total. The molecule has 1 aromatic rings. The Kier molecular flexibility index (Phi) is 2.56. The van der Waals surface area contributed by atoms with Gasteiger partial charge in [-0.25, -0.2) is 0 Å². The van der Waals surface area contributed by atoms with Gasteiger partial charge in [-0.15, -0.1) is 0 Å². The second-order valence-electron chi connectivity index (χ2n) is 4.99. The lowest BCUT2D eigenvalue weighted by atomic mass is 10.2. The Balaban J connectivity index is 1.84. The van der Waals surface area contributed by atoms with Crippen molar-refractivity contribution in [2.75, 3.05) is 11.4 Å². The summed E-state index contributed by atoms with van der Waals surface area (Å²) in [5, 5.41) is 9.36. The molecule has 16 heavy (non-hydrogen) atoms. The van der Waals surface area contributed by atoms with E-state index in [9.17, 15) is 5.11 Å². The minimum Gasteiger partial charge on any atom is -0.392 e. The van der Waals surface area contributed by atoms with Crippen LogP contribution in [0.4, 0.5) is 5.69 Å². The van der Waals surface area contributed by atoms with Gasteiger partial charge in [0, 0.05) is 24.3 Å². The molecule has 1 N–H and O–H groups in total. The fourth-order valence-electron chi connectivity index (χ4n) is 2.22. The Morgan fingerprint density at radius 2 is 2.12 bits per heavy atom. The fourth-order valence-corrected chi connectivity index (χ4v) is 2.22. The maximum atomic E-state index is 9.36. The minimum atomic E-state index is 0.117. The monoisotopic (exact) mass is 218 g/mol. The van der Waals surface area contributed by atoms with Crippen LogP contribution >= 0.6 is 0 Å². The zero-order valence-electron chi connectivity index (χ0n) is 9.47. The highest BCUT2D eigenvalue weighted by molar-refractivity contribution is 5.53. The van der Waals surface area contributed by atoms with Crippen LogP contribution in [0, 0.1) is 5.92 Å². The molecule has 0 aliphatic heterocycles. The van der Waals surface area contributed by atoms with Crippen molar-refractivity contribution in [2.45, 2.75) is 38.3 Å². The molecular weight excluding hydrogens is 200 g/mol. The molecule has 0 atom stereocenters. The summed E-state index contributed by atoms with van der Waals surface area (Å²) >= 11 is 0. The number of nitrogens with zero attached hydrogens (tertiary/aromatic N) is 2. The van der Waals surface area contributed by atoms with Crippen LogP contribution in [0.3, 0.4) is 0 Å². The second-order valence-corrected chi connectivity index (χ2v) is 4.99. The van der Waals surface area contributed by atoms with Crippen molar-refractivity contribution >= 4 is 5.69 Å². The lowest BCUT2D eigenvalue weighted by molar-refractivity contribution is 0.282. The molecule has 0 aromatic carbocycles. The number of hydrogen-bond donors (Lipinski definition) is 1. The van der Waals surface area contributed by atoms with Crippen molar-refractivity contribution in [1.29, 1.82) is 0 Å². The first-order valence-electron chi connectivity index (χ1n) is 6.19. The van der Waals surface area contributed by atoms with E-state index in [2.05, 4.69) is 9.88 Å². The van der Waals surface area contributed by atoms with E-state index in [4.69, 9.17) is 0 Å². The van der Waals surface area contributed by atoms with Crippen molar-refractivity contribution in [3.05, 3.63) is 24.0 Å². The average molecular weight is 218 g/mol. The first-order chi connectivity index (χ1) is 7.88. The highest BCUT2D eigenvalue weighted by Crippen LogP contribution is 2.38. The Hall–Kier alpha value is -1.09. The molecule has 1 heterocycles. The van der Waals surface area contributed by atoms with Gasteiger partial charge in [0.15, 0.2) is 0 Å². The predicted molar refractivity (Wildman–Crippen MR) is 63.3 cm³/mol. The van der Waals surface area contributed by atoms with Crippen LogP contribution in [0.5, 0.6) is 0 Å². The molecule has 86 valence electrons. The topological polar surface area (TPSA) is 36.4 Å². The number of aromatic nitrogens is 1. The van der Waals surface area contributed by atoms with Crippen LogP contribution in [0.25, 0.3) is 0 Å². The number of aliphatic hydroxyl groups excluding tert-OH is 1. The molecule has 1 aromatic heterocycles. The zero-order valence-corrected chi connectivity index (χ0v) is 9.47. The number of anilines is 1. The lowest BCUT2D eigenvalue weighted by Gasteiger charge is -2.26. The molecule has 0 amide bonds. The average Bonchev–Trinajstić information content (AvgIpc) is 3.16. The van der Waals surface area contributed by atoms with Gasteiger partial charge < -0.3 is 10.0 Å². The number of rotatable bonds is 5. The highest BCUT2D eigenvalue weighted by Gasteiger charge is 2.34. The molecule has 2 saturated carbocycles. The van der Waals surface area contributed by atoms with Gasteiger partial charge in [-0.3, -0.25) is 4.98 Å². The summed E-state index contributed by atoms with van der Waals surface area (Å²) < 4.78 is 0. The van der Waals surface area contributed by atoms with Crippen molar-refractivity contribution in [3.8, 4) is 0 Å². The molecule has 2 fully saturated rings. The van der Waals surface area contributed by atoms with Crippen LogP contribution in [-0.2, 0) is 6.61 Å². The standard InChI is InChI=1S/C13H18N2O/c16-9-11-5-6-14-7-13(11)15(12-3-4-12)8-10-1-2-10/h5-7,10,12,16H,1-4,8-9H2. The number of pyridine rings is 1. The quantitative estimate of drug-likeness (QED) is 0.820. The van der Waals surface area contributed by atoms with Crippen molar-refractivity contribution in [2.24, 2.45) is 5.92 Å². The molecule has 0 saturated heterocycles. The van der Waals surface area contributed by atoms with Crippen LogP contribution in [0.15, 0.2) is 18.5 Å². The van der Waals surface area contributed by atoms with E-state index in [0.29, 0.717) is 6.04 Å². The molecule has 0 bridgehead atoms. The van der Waals surface area contributed by atoms with E-state index in [-0.39, 0.29) is 6.61 Å². The number of hydrogen-bond acceptors (Lipinski definition) is 3. The van der Waals surface area contributed by atoms with E-state index in [0.717, 1.165) is 23.7 Å². The maximum absolute atomic E-state index is 9.36. The fraction of sp³-hybridized carbons (Fsp3) is 0.615. The van der Waals surface area contributed by atoms with E-state index >= 15 is 0 Å². The van der Waals surface area contributed by atoms with Crippen LogP contribution in [0.1, 0.15) is 31.2 Å². The van der Waals surface area contributed by atoms with Crippen molar-refractivity contribution in [1.82, 2.24) is 4.98 Å². The third kappa shape index (κ3) is 2.05. The first-order valence-corrected chi connectivity index (χ1v) is 6.19. The predicted octanol–water partition coefficient (Wildman–Crippen LogP) is 1.95. The molecule has 3 rings (SSSR count). The van der Waals surface area contributed by atoms with E-state index in [1.165, 1.54) is 25.7 Å². The van der Waals surface area contributed by atoms with Gasteiger partial charge in [-0.2, -0.15) is 0 Å². The van der Waals surface area contributed by atoms with Gasteiger partial charge in [0.1, 0.15) is 0 Å².